The Labute approximate surface area is 125 Å². The average Bonchev–Trinajstić information content (AvgIpc) is 2.67. The number of β-amino-alcohol motifs (C(OH)–C–C–N with tert-alkyl or cyclic N) is 1. The number of Topliss-reactive ketones (excluding diaryl/α,β-unsaturated/α-hetero) is 1. The third-order valence-corrected chi connectivity index (χ3v) is 4.00. The molecule has 0 aliphatic carbocycles. The fraction of sp³-hybridized carbons (Fsp3) is 0.562. The molecular weight excluding hydrogens is 271 g/mol. The predicted octanol–water partition coefficient (Wildman–Crippen LogP) is 1.84. The van der Waals surface area contributed by atoms with Crippen LogP contribution in [0.15, 0.2) is 12.1 Å². The SMILES string of the molecule is CC(=O)c1cc(F)c(C)cc1N1CCCN(CCO)CC1. The Morgan fingerprint density at radius 1 is 1.29 bits per heavy atom. The first-order valence-corrected chi connectivity index (χ1v) is 7.42. The summed E-state index contributed by atoms with van der Waals surface area (Å²) in [6.07, 6.45) is 0.966. The van der Waals surface area contributed by atoms with E-state index in [0.29, 0.717) is 17.7 Å². The van der Waals surface area contributed by atoms with Crippen LogP contribution in [0.25, 0.3) is 0 Å². The van der Waals surface area contributed by atoms with Crippen LogP contribution in [-0.4, -0.2) is 55.1 Å². The number of halogens is 1. The van der Waals surface area contributed by atoms with E-state index in [9.17, 15) is 9.18 Å². The summed E-state index contributed by atoms with van der Waals surface area (Å²) in [5.74, 6) is -0.443. The van der Waals surface area contributed by atoms with E-state index in [1.807, 2.05) is 0 Å². The van der Waals surface area contributed by atoms with Crippen LogP contribution in [0.4, 0.5) is 10.1 Å². The quantitative estimate of drug-likeness (QED) is 0.861. The minimum atomic E-state index is -0.333. The molecule has 0 unspecified atom stereocenters. The molecular formula is C16H23FN2O2. The summed E-state index contributed by atoms with van der Waals surface area (Å²) in [6.45, 7) is 7.44. The van der Waals surface area contributed by atoms with Crippen LogP contribution in [0.1, 0.15) is 29.3 Å². The van der Waals surface area contributed by atoms with Gasteiger partial charge in [0.25, 0.3) is 0 Å². The van der Waals surface area contributed by atoms with Gasteiger partial charge in [-0.3, -0.25) is 9.69 Å². The number of aliphatic hydroxyl groups is 1. The van der Waals surface area contributed by atoms with E-state index >= 15 is 0 Å². The summed E-state index contributed by atoms with van der Waals surface area (Å²) in [4.78, 5) is 16.2. The van der Waals surface area contributed by atoms with Crippen molar-refractivity contribution in [1.82, 2.24) is 4.90 Å². The van der Waals surface area contributed by atoms with E-state index in [4.69, 9.17) is 5.11 Å². The van der Waals surface area contributed by atoms with Crippen LogP contribution in [0.2, 0.25) is 0 Å². The Hall–Kier alpha value is -1.46. The highest BCUT2D eigenvalue weighted by molar-refractivity contribution is 6.00. The van der Waals surface area contributed by atoms with Crippen LogP contribution in [-0.2, 0) is 0 Å². The van der Waals surface area contributed by atoms with E-state index in [2.05, 4.69) is 9.80 Å². The van der Waals surface area contributed by atoms with Crippen molar-refractivity contribution in [1.29, 1.82) is 0 Å². The number of hydrogen-bond donors (Lipinski definition) is 1. The smallest absolute Gasteiger partial charge is 0.161 e. The first-order chi connectivity index (χ1) is 10.0. The molecule has 0 aromatic heterocycles. The maximum absolute atomic E-state index is 13.7. The van der Waals surface area contributed by atoms with E-state index < -0.39 is 0 Å². The Morgan fingerprint density at radius 2 is 2.05 bits per heavy atom. The molecule has 1 heterocycles. The first-order valence-electron chi connectivity index (χ1n) is 7.42. The molecule has 0 spiro atoms. The number of carbonyl (C=O) groups excluding carboxylic acids is 1. The molecule has 0 amide bonds. The van der Waals surface area contributed by atoms with Crippen molar-refractivity contribution in [3.63, 3.8) is 0 Å². The van der Waals surface area contributed by atoms with Gasteiger partial charge in [0.05, 0.1) is 6.61 Å². The van der Waals surface area contributed by atoms with Gasteiger partial charge < -0.3 is 10.0 Å². The molecule has 0 atom stereocenters. The number of rotatable bonds is 4. The lowest BCUT2D eigenvalue weighted by atomic mass is 10.0. The number of nitrogens with zero attached hydrogens (tertiary/aromatic N) is 2. The van der Waals surface area contributed by atoms with Crippen molar-refractivity contribution in [2.75, 3.05) is 44.2 Å². The lowest BCUT2D eigenvalue weighted by molar-refractivity contribution is 0.101. The fourth-order valence-corrected chi connectivity index (χ4v) is 2.79. The van der Waals surface area contributed by atoms with Crippen LogP contribution in [0.3, 0.4) is 0 Å². The van der Waals surface area contributed by atoms with Gasteiger partial charge >= 0.3 is 0 Å². The molecule has 4 nitrogen and oxygen atoms in total. The van der Waals surface area contributed by atoms with Gasteiger partial charge in [-0.25, -0.2) is 4.39 Å². The zero-order valence-corrected chi connectivity index (χ0v) is 12.7. The Morgan fingerprint density at radius 3 is 2.71 bits per heavy atom. The van der Waals surface area contributed by atoms with Gasteiger partial charge in [0.15, 0.2) is 5.78 Å². The van der Waals surface area contributed by atoms with Gasteiger partial charge in [-0.05, 0) is 44.5 Å². The highest BCUT2D eigenvalue weighted by Gasteiger charge is 2.20. The maximum Gasteiger partial charge on any atom is 0.161 e. The summed E-state index contributed by atoms with van der Waals surface area (Å²) < 4.78 is 13.7. The Bertz CT molecular complexity index is 519. The Kier molecular flexibility index (Phi) is 5.31. The van der Waals surface area contributed by atoms with E-state index in [1.54, 1.807) is 13.0 Å². The summed E-state index contributed by atoms with van der Waals surface area (Å²) >= 11 is 0. The highest BCUT2D eigenvalue weighted by atomic mass is 19.1. The molecule has 0 bridgehead atoms. The van der Waals surface area contributed by atoms with Crippen LogP contribution >= 0.6 is 0 Å². The van der Waals surface area contributed by atoms with Gasteiger partial charge in [0.2, 0.25) is 0 Å². The van der Waals surface area contributed by atoms with Crippen LogP contribution in [0, 0.1) is 12.7 Å². The molecule has 1 aromatic rings. The predicted molar refractivity (Wildman–Crippen MR) is 81.5 cm³/mol. The zero-order valence-electron chi connectivity index (χ0n) is 12.7. The van der Waals surface area contributed by atoms with Crippen molar-refractivity contribution in [2.24, 2.45) is 0 Å². The normalized spacial score (nSPS) is 16.9. The fourth-order valence-electron chi connectivity index (χ4n) is 2.79. The average molecular weight is 294 g/mol. The number of hydrogen-bond acceptors (Lipinski definition) is 4. The standard InChI is InChI=1S/C16H23FN2O2/c1-12-10-16(14(13(2)21)11-15(12)17)19-5-3-4-18(6-7-19)8-9-20/h10-11,20H,3-9H2,1-2H3. The van der Waals surface area contributed by atoms with Crippen molar-refractivity contribution in [3.05, 3.63) is 29.1 Å². The van der Waals surface area contributed by atoms with Gasteiger partial charge in [0.1, 0.15) is 5.82 Å². The molecule has 1 N–H and O–H groups in total. The van der Waals surface area contributed by atoms with Gasteiger partial charge in [0, 0.05) is 37.4 Å². The highest BCUT2D eigenvalue weighted by Crippen LogP contribution is 2.26. The summed E-state index contributed by atoms with van der Waals surface area (Å²) in [5.41, 5.74) is 1.84. The molecule has 116 valence electrons. The summed E-state index contributed by atoms with van der Waals surface area (Å²) in [6, 6.07) is 3.12. The van der Waals surface area contributed by atoms with Crippen molar-refractivity contribution >= 4 is 11.5 Å². The molecule has 1 saturated heterocycles. The van der Waals surface area contributed by atoms with Gasteiger partial charge in [-0.1, -0.05) is 0 Å². The third kappa shape index (κ3) is 3.80. The second kappa shape index (κ2) is 7.00. The van der Waals surface area contributed by atoms with Crippen LogP contribution in [0.5, 0.6) is 0 Å². The minimum Gasteiger partial charge on any atom is -0.395 e. The van der Waals surface area contributed by atoms with Crippen molar-refractivity contribution < 1.29 is 14.3 Å². The second-order valence-electron chi connectivity index (χ2n) is 5.58. The van der Waals surface area contributed by atoms with Crippen molar-refractivity contribution in [2.45, 2.75) is 20.3 Å². The van der Waals surface area contributed by atoms with E-state index in [-0.39, 0.29) is 18.2 Å². The zero-order chi connectivity index (χ0) is 15.4. The molecule has 1 aromatic carbocycles. The lowest BCUT2D eigenvalue weighted by Gasteiger charge is -2.26. The number of aryl methyl sites for hydroxylation is 1. The number of aliphatic hydroxyl groups excluding tert-OH is 1. The lowest BCUT2D eigenvalue weighted by Crippen LogP contribution is -2.33. The Balaban J connectivity index is 2.24. The number of ketones is 1. The maximum atomic E-state index is 13.7. The van der Waals surface area contributed by atoms with Gasteiger partial charge in [-0.2, -0.15) is 0 Å². The molecule has 5 heteroatoms. The number of anilines is 1. The second-order valence-corrected chi connectivity index (χ2v) is 5.58. The number of carbonyl (C=O) groups is 1. The van der Waals surface area contributed by atoms with E-state index in [0.717, 1.165) is 38.3 Å². The third-order valence-electron chi connectivity index (χ3n) is 4.00. The molecule has 1 aliphatic heterocycles. The molecule has 1 aliphatic rings. The van der Waals surface area contributed by atoms with Gasteiger partial charge in [-0.15, -0.1) is 0 Å². The molecule has 2 rings (SSSR count). The molecule has 0 saturated carbocycles. The largest absolute Gasteiger partial charge is 0.395 e. The van der Waals surface area contributed by atoms with Crippen LogP contribution < -0.4 is 4.90 Å². The monoisotopic (exact) mass is 294 g/mol. The first kappa shape index (κ1) is 15.9. The summed E-state index contributed by atoms with van der Waals surface area (Å²) in [7, 11) is 0. The van der Waals surface area contributed by atoms with E-state index in [1.165, 1.54) is 13.0 Å². The molecule has 0 radical (unpaired) electrons. The number of benzene rings is 1. The topological polar surface area (TPSA) is 43.8 Å². The summed E-state index contributed by atoms with van der Waals surface area (Å²) in [5, 5.41) is 9.04. The molecule has 21 heavy (non-hydrogen) atoms. The van der Waals surface area contributed by atoms with Crippen molar-refractivity contribution in [3.8, 4) is 0 Å². The molecule has 1 fully saturated rings. The minimum absolute atomic E-state index is 0.111.